The molecule has 0 amide bonds. The second kappa shape index (κ2) is 4.73. The van der Waals surface area contributed by atoms with E-state index >= 15 is 0 Å². The molecular weight excluding hydrogens is 136 g/mol. The fourth-order valence-electron chi connectivity index (χ4n) is 1.31. The first-order valence-electron chi connectivity index (χ1n) is 4.80. The summed E-state index contributed by atoms with van der Waals surface area (Å²) < 4.78 is 0. The fourth-order valence-corrected chi connectivity index (χ4v) is 1.31. The highest BCUT2D eigenvalue weighted by Gasteiger charge is 2.21. The minimum Gasteiger partial charge on any atom is -0.329 e. The van der Waals surface area contributed by atoms with Gasteiger partial charge in [-0.15, -0.1) is 0 Å². The Bertz CT molecular complexity index is 99.7. The van der Waals surface area contributed by atoms with Crippen molar-refractivity contribution >= 4 is 0 Å². The van der Waals surface area contributed by atoms with E-state index in [9.17, 15) is 0 Å². The molecule has 0 aromatic carbocycles. The Kier molecular flexibility index (Phi) is 3.87. The van der Waals surface area contributed by atoms with E-state index in [1.807, 2.05) is 0 Å². The molecule has 2 heteroatoms. The average molecular weight is 156 g/mol. The molecule has 0 radical (unpaired) electrons. The van der Waals surface area contributed by atoms with Gasteiger partial charge in [0.25, 0.3) is 0 Å². The van der Waals surface area contributed by atoms with Crippen LogP contribution in [0.4, 0.5) is 0 Å². The van der Waals surface area contributed by atoms with Crippen LogP contribution in [0.15, 0.2) is 0 Å². The summed E-state index contributed by atoms with van der Waals surface area (Å²) in [4.78, 5) is 0. The number of hydrogen-bond donors (Lipinski definition) is 2. The minimum absolute atomic E-state index is 0.570. The molecule has 0 aliphatic heterocycles. The zero-order chi connectivity index (χ0) is 8.10. The Morgan fingerprint density at radius 1 is 1.55 bits per heavy atom. The largest absolute Gasteiger partial charge is 0.329 e. The molecule has 1 saturated carbocycles. The summed E-state index contributed by atoms with van der Waals surface area (Å²) >= 11 is 0. The van der Waals surface area contributed by atoms with Crippen molar-refractivity contribution in [2.24, 2.45) is 11.7 Å². The van der Waals surface area contributed by atoms with Crippen LogP contribution in [0, 0.1) is 5.92 Å². The van der Waals surface area contributed by atoms with E-state index in [0.717, 1.165) is 12.5 Å². The summed E-state index contributed by atoms with van der Waals surface area (Å²) in [6, 6.07) is 0.570. The van der Waals surface area contributed by atoms with Crippen LogP contribution in [0.2, 0.25) is 0 Å². The third-order valence-electron chi connectivity index (χ3n) is 2.31. The SMILES string of the molecule is CCCC(CN)NCC1CC1. The van der Waals surface area contributed by atoms with Crippen molar-refractivity contribution < 1.29 is 0 Å². The molecule has 1 aliphatic rings. The van der Waals surface area contributed by atoms with Crippen LogP contribution in [0.5, 0.6) is 0 Å². The molecule has 11 heavy (non-hydrogen) atoms. The minimum atomic E-state index is 0.570. The first-order valence-corrected chi connectivity index (χ1v) is 4.80. The topological polar surface area (TPSA) is 38.0 Å². The first kappa shape index (κ1) is 9.01. The third-order valence-corrected chi connectivity index (χ3v) is 2.31. The lowest BCUT2D eigenvalue weighted by molar-refractivity contribution is 0.471. The quantitative estimate of drug-likeness (QED) is 0.604. The van der Waals surface area contributed by atoms with Gasteiger partial charge in [0.05, 0.1) is 0 Å². The second-order valence-electron chi connectivity index (χ2n) is 3.57. The van der Waals surface area contributed by atoms with Gasteiger partial charge >= 0.3 is 0 Å². The van der Waals surface area contributed by atoms with E-state index in [1.165, 1.54) is 32.2 Å². The molecule has 0 spiro atoms. The molecule has 66 valence electrons. The molecule has 1 fully saturated rings. The van der Waals surface area contributed by atoms with E-state index in [4.69, 9.17) is 5.73 Å². The highest BCUT2D eigenvalue weighted by molar-refractivity contribution is 4.78. The Labute approximate surface area is 69.5 Å². The van der Waals surface area contributed by atoms with Crippen molar-refractivity contribution in [2.75, 3.05) is 13.1 Å². The fraction of sp³-hybridized carbons (Fsp3) is 1.00. The molecule has 0 bridgehead atoms. The van der Waals surface area contributed by atoms with E-state index in [0.29, 0.717) is 6.04 Å². The molecule has 0 aromatic rings. The Hall–Kier alpha value is -0.0800. The van der Waals surface area contributed by atoms with E-state index < -0.39 is 0 Å². The van der Waals surface area contributed by atoms with Crippen molar-refractivity contribution in [2.45, 2.75) is 38.6 Å². The molecule has 0 aromatic heterocycles. The summed E-state index contributed by atoms with van der Waals surface area (Å²) in [5, 5.41) is 3.51. The molecule has 0 heterocycles. The lowest BCUT2D eigenvalue weighted by Crippen LogP contribution is -2.37. The van der Waals surface area contributed by atoms with Gasteiger partial charge < -0.3 is 11.1 Å². The second-order valence-corrected chi connectivity index (χ2v) is 3.57. The first-order chi connectivity index (χ1) is 5.36. The van der Waals surface area contributed by atoms with Crippen molar-refractivity contribution in [3.63, 3.8) is 0 Å². The molecule has 1 aliphatic carbocycles. The molecule has 1 unspecified atom stereocenters. The van der Waals surface area contributed by atoms with Crippen molar-refractivity contribution in [1.29, 1.82) is 0 Å². The Morgan fingerprint density at radius 3 is 2.73 bits per heavy atom. The zero-order valence-electron chi connectivity index (χ0n) is 7.47. The van der Waals surface area contributed by atoms with Gasteiger partial charge in [0.15, 0.2) is 0 Å². The molecule has 1 rings (SSSR count). The number of nitrogens with two attached hydrogens (primary N) is 1. The highest BCUT2D eigenvalue weighted by Crippen LogP contribution is 2.27. The van der Waals surface area contributed by atoms with Gasteiger partial charge in [0, 0.05) is 12.6 Å². The van der Waals surface area contributed by atoms with Crippen LogP contribution in [0.25, 0.3) is 0 Å². The van der Waals surface area contributed by atoms with Gasteiger partial charge in [-0.25, -0.2) is 0 Å². The lowest BCUT2D eigenvalue weighted by Gasteiger charge is -2.14. The van der Waals surface area contributed by atoms with Gasteiger partial charge in [0.1, 0.15) is 0 Å². The van der Waals surface area contributed by atoms with Gasteiger partial charge in [-0.1, -0.05) is 13.3 Å². The zero-order valence-corrected chi connectivity index (χ0v) is 7.47. The van der Waals surface area contributed by atoms with E-state index in [-0.39, 0.29) is 0 Å². The summed E-state index contributed by atoms with van der Waals surface area (Å²) in [6.45, 7) is 4.20. The lowest BCUT2D eigenvalue weighted by atomic mass is 10.1. The maximum atomic E-state index is 5.60. The van der Waals surface area contributed by atoms with Crippen LogP contribution in [0.3, 0.4) is 0 Å². The average Bonchev–Trinajstić information content (AvgIpc) is 2.81. The number of rotatable bonds is 6. The number of nitrogens with one attached hydrogen (secondary N) is 1. The maximum absolute atomic E-state index is 5.60. The van der Waals surface area contributed by atoms with Crippen molar-refractivity contribution in [1.82, 2.24) is 5.32 Å². The van der Waals surface area contributed by atoms with Crippen LogP contribution in [-0.4, -0.2) is 19.1 Å². The summed E-state index contributed by atoms with van der Waals surface area (Å²) in [5.41, 5.74) is 5.60. The van der Waals surface area contributed by atoms with Crippen molar-refractivity contribution in [3.05, 3.63) is 0 Å². The molecule has 3 N–H and O–H groups in total. The maximum Gasteiger partial charge on any atom is 0.0190 e. The Balaban J connectivity index is 1.98. The van der Waals surface area contributed by atoms with Crippen LogP contribution >= 0.6 is 0 Å². The molecule has 0 saturated heterocycles. The number of hydrogen-bond acceptors (Lipinski definition) is 2. The predicted octanol–water partition coefficient (Wildman–Crippen LogP) is 1.11. The van der Waals surface area contributed by atoms with Crippen LogP contribution in [-0.2, 0) is 0 Å². The van der Waals surface area contributed by atoms with Crippen LogP contribution < -0.4 is 11.1 Å². The van der Waals surface area contributed by atoms with Gasteiger partial charge in [-0.05, 0) is 31.7 Å². The van der Waals surface area contributed by atoms with Crippen molar-refractivity contribution in [3.8, 4) is 0 Å². The van der Waals surface area contributed by atoms with E-state index in [1.54, 1.807) is 0 Å². The third kappa shape index (κ3) is 3.73. The standard InChI is InChI=1S/C9H20N2/c1-2-3-9(6-10)11-7-8-4-5-8/h8-9,11H,2-7,10H2,1H3. The summed E-state index contributed by atoms with van der Waals surface area (Å²) in [6.07, 6.45) is 5.32. The highest BCUT2D eigenvalue weighted by atomic mass is 14.9. The normalized spacial score (nSPS) is 20.2. The van der Waals surface area contributed by atoms with Crippen LogP contribution in [0.1, 0.15) is 32.6 Å². The molecule has 1 atom stereocenters. The van der Waals surface area contributed by atoms with E-state index in [2.05, 4.69) is 12.2 Å². The summed E-state index contributed by atoms with van der Waals surface area (Å²) in [5.74, 6) is 0.973. The Morgan fingerprint density at radius 2 is 2.27 bits per heavy atom. The monoisotopic (exact) mass is 156 g/mol. The van der Waals surface area contributed by atoms with Gasteiger partial charge in [-0.2, -0.15) is 0 Å². The summed E-state index contributed by atoms with van der Waals surface area (Å²) in [7, 11) is 0. The van der Waals surface area contributed by atoms with Gasteiger partial charge in [-0.3, -0.25) is 0 Å². The predicted molar refractivity (Wildman–Crippen MR) is 48.5 cm³/mol. The molecular formula is C9H20N2. The van der Waals surface area contributed by atoms with Gasteiger partial charge in [0.2, 0.25) is 0 Å². The smallest absolute Gasteiger partial charge is 0.0190 e. The molecule has 2 nitrogen and oxygen atoms in total.